The van der Waals surface area contributed by atoms with E-state index in [1.54, 1.807) is 11.8 Å². The van der Waals surface area contributed by atoms with E-state index in [2.05, 4.69) is 87.9 Å². The van der Waals surface area contributed by atoms with Gasteiger partial charge in [-0.05, 0) is 45.2 Å². The van der Waals surface area contributed by atoms with Gasteiger partial charge in [-0.3, -0.25) is 9.88 Å². The Labute approximate surface area is 213 Å². The van der Waals surface area contributed by atoms with Crippen molar-refractivity contribution < 1.29 is 0 Å². The smallest absolute Gasteiger partial charge is 0.150 e. The number of aryl methyl sites for hydroxylation is 1. The molecule has 0 spiro atoms. The lowest BCUT2D eigenvalue weighted by atomic mass is 9.91. The van der Waals surface area contributed by atoms with E-state index < -0.39 is 0 Å². The van der Waals surface area contributed by atoms with Gasteiger partial charge in [0.15, 0.2) is 0 Å². The van der Waals surface area contributed by atoms with E-state index in [9.17, 15) is 0 Å². The predicted octanol–water partition coefficient (Wildman–Crippen LogP) is 3.72. The molecule has 3 atom stereocenters. The van der Waals surface area contributed by atoms with Crippen molar-refractivity contribution in [3.05, 3.63) is 72.1 Å². The number of thioether (sulfide) groups is 1. The maximum Gasteiger partial charge on any atom is 0.150 e. The predicted molar refractivity (Wildman–Crippen MR) is 150 cm³/mol. The molecule has 3 aliphatic heterocycles. The number of rotatable bonds is 3. The molecule has 0 amide bonds. The Morgan fingerprint density at radius 3 is 2.71 bits per heavy atom. The molecule has 8 heteroatoms. The van der Waals surface area contributed by atoms with Crippen molar-refractivity contribution in [1.29, 1.82) is 0 Å². The van der Waals surface area contributed by atoms with E-state index in [1.807, 2.05) is 12.3 Å². The fourth-order valence-electron chi connectivity index (χ4n) is 5.32. The number of piperazine rings is 1. The van der Waals surface area contributed by atoms with Gasteiger partial charge in [0.05, 0.1) is 16.9 Å². The topological polar surface area (TPSA) is 47.9 Å². The summed E-state index contributed by atoms with van der Waals surface area (Å²) >= 11 is 1.74. The fourth-order valence-corrected chi connectivity index (χ4v) is 5.91. The van der Waals surface area contributed by atoms with Gasteiger partial charge < -0.3 is 9.80 Å². The van der Waals surface area contributed by atoms with Gasteiger partial charge >= 0.3 is 0 Å². The number of hydrogen-bond donors (Lipinski definition) is 0. The summed E-state index contributed by atoms with van der Waals surface area (Å²) in [7, 11) is 2.13. The van der Waals surface area contributed by atoms with E-state index in [1.165, 1.54) is 10.4 Å². The molecule has 0 N–H and O–H groups in total. The normalized spacial score (nSPS) is 23.1. The molecule has 1 saturated heterocycles. The first-order chi connectivity index (χ1) is 16.7. The molecule has 0 radical (unpaired) electrons. The summed E-state index contributed by atoms with van der Waals surface area (Å²) in [4.78, 5) is 23.5. The molecular weight excluding hydrogens is 451 g/mol. The Kier molecular flexibility index (Phi) is 6.03. The zero-order chi connectivity index (χ0) is 25.0. The number of amidine groups is 1. The number of aliphatic imine (C=N–C) groups is 1. The molecular formula is C27H33BN6S. The van der Waals surface area contributed by atoms with Crippen LogP contribution in [0.1, 0.15) is 43.6 Å². The van der Waals surface area contributed by atoms with Gasteiger partial charge in [0, 0.05) is 53.6 Å². The molecule has 0 aliphatic carbocycles. The summed E-state index contributed by atoms with van der Waals surface area (Å²) in [6, 6.07) is 4.91. The molecule has 0 bridgehead atoms. The molecule has 1 fully saturated rings. The summed E-state index contributed by atoms with van der Waals surface area (Å²) in [5, 5.41) is 0. The molecule has 2 aromatic rings. The lowest BCUT2D eigenvalue weighted by Crippen LogP contribution is -2.58. The number of pyridine rings is 2. The minimum Gasteiger partial charge on any atom is -0.365 e. The van der Waals surface area contributed by atoms with Gasteiger partial charge in [-0.1, -0.05) is 31.6 Å². The Hall–Kier alpha value is -3.00. The molecule has 2 unspecified atom stereocenters. The minimum absolute atomic E-state index is 0.172. The Morgan fingerprint density at radius 2 is 2.00 bits per heavy atom. The largest absolute Gasteiger partial charge is 0.365 e. The van der Waals surface area contributed by atoms with Crippen molar-refractivity contribution in [2.24, 2.45) is 4.99 Å². The van der Waals surface area contributed by atoms with Crippen molar-refractivity contribution in [3.8, 4) is 0 Å². The summed E-state index contributed by atoms with van der Waals surface area (Å²) in [6.45, 7) is 18.7. The maximum atomic E-state index is 5.33. The molecule has 0 saturated carbocycles. The highest BCUT2D eigenvalue weighted by atomic mass is 32.2. The van der Waals surface area contributed by atoms with Gasteiger partial charge in [-0.25, -0.2) is 9.98 Å². The van der Waals surface area contributed by atoms with Crippen LogP contribution in [0.3, 0.4) is 0 Å². The zero-order valence-corrected chi connectivity index (χ0v) is 22.4. The number of aromatic nitrogens is 2. The second kappa shape index (κ2) is 8.90. The average Bonchev–Trinajstić information content (AvgIpc) is 2.84. The second-order valence-corrected chi connectivity index (χ2v) is 10.6. The third-order valence-corrected chi connectivity index (χ3v) is 8.17. The van der Waals surface area contributed by atoms with E-state index in [0.29, 0.717) is 6.04 Å². The number of fused-ring (bicyclic) bond motifs is 5. The quantitative estimate of drug-likeness (QED) is 0.376. The third-order valence-electron chi connectivity index (χ3n) is 7.40. The van der Waals surface area contributed by atoms with Crippen LogP contribution in [0.2, 0.25) is 0 Å². The molecule has 0 aromatic carbocycles. The first-order valence-electron chi connectivity index (χ1n) is 12.2. The molecule has 5 heterocycles. The van der Waals surface area contributed by atoms with Crippen LogP contribution in [0.4, 0.5) is 11.5 Å². The van der Waals surface area contributed by atoms with Gasteiger partial charge in [0.1, 0.15) is 25.3 Å². The van der Waals surface area contributed by atoms with Crippen LogP contribution in [-0.4, -0.2) is 64.9 Å². The Morgan fingerprint density at radius 1 is 1.23 bits per heavy atom. The molecule has 35 heavy (non-hydrogen) atoms. The van der Waals surface area contributed by atoms with Crippen LogP contribution in [0.5, 0.6) is 0 Å². The summed E-state index contributed by atoms with van der Waals surface area (Å²) < 4.78 is 0. The van der Waals surface area contributed by atoms with Crippen molar-refractivity contribution in [3.63, 3.8) is 0 Å². The van der Waals surface area contributed by atoms with Gasteiger partial charge in [0.25, 0.3) is 0 Å². The van der Waals surface area contributed by atoms with Crippen LogP contribution in [0.25, 0.3) is 0 Å². The maximum absolute atomic E-state index is 5.33. The van der Waals surface area contributed by atoms with Crippen molar-refractivity contribution in [1.82, 2.24) is 19.8 Å². The molecule has 2 aromatic heterocycles. The first kappa shape index (κ1) is 23.7. The number of allylic oxidation sites excluding steroid dienone is 2. The van der Waals surface area contributed by atoms with E-state index in [4.69, 9.17) is 15.0 Å². The number of hydrogen-bond acceptors (Lipinski definition) is 7. The molecule has 3 aliphatic rings. The van der Waals surface area contributed by atoms with Crippen molar-refractivity contribution >= 4 is 42.4 Å². The SMILES string of the molecule is Bc1cc2c(nc1C)N1C(=CC(C)c3nccc(SC)c31)N=C2N1C[C@@H](C)N(C(=C)C=C)CC1C. The monoisotopic (exact) mass is 484 g/mol. The van der Waals surface area contributed by atoms with E-state index in [-0.39, 0.29) is 12.0 Å². The second-order valence-electron chi connectivity index (χ2n) is 9.79. The lowest BCUT2D eigenvalue weighted by Gasteiger charge is -2.48. The summed E-state index contributed by atoms with van der Waals surface area (Å²) in [6.07, 6.45) is 8.10. The standard InChI is InChI=1S/C27H33BN6S/c1-8-16(3)32-13-18(5)33(14-17(32)4)26-20-12-21(28)19(6)30-27(20)34-23(31-26)11-15(2)24-25(34)22(35-7)9-10-29-24/h8-12,15,17-18H,1,3,13-14,28H2,2,4-7H3/t15?,17-,18?/m1/s1. The average molecular weight is 484 g/mol. The highest BCUT2D eigenvalue weighted by molar-refractivity contribution is 7.98. The van der Waals surface area contributed by atoms with Gasteiger partial charge in [-0.2, -0.15) is 0 Å². The summed E-state index contributed by atoms with van der Waals surface area (Å²) in [5.74, 6) is 3.06. The van der Waals surface area contributed by atoms with Crippen molar-refractivity contribution in [2.75, 3.05) is 24.2 Å². The van der Waals surface area contributed by atoms with E-state index >= 15 is 0 Å². The molecule has 6 nitrogen and oxygen atoms in total. The van der Waals surface area contributed by atoms with Crippen LogP contribution in [0.15, 0.2) is 65.0 Å². The van der Waals surface area contributed by atoms with Crippen LogP contribution >= 0.6 is 11.8 Å². The fraction of sp³-hybridized carbons (Fsp3) is 0.370. The van der Waals surface area contributed by atoms with E-state index in [0.717, 1.165) is 58.9 Å². The van der Waals surface area contributed by atoms with Crippen LogP contribution < -0.4 is 10.4 Å². The van der Waals surface area contributed by atoms with Gasteiger partial charge in [-0.15, -0.1) is 11.8 Å². The van der Waals surface area contributed by atoms with Crippen LogP contribution in [0, 0.1) is 6.92 Å². The van der Waals surface area contributed by atoms with Crippen LogP contribution in [-0.2, 0) is 0 Å². The van der Waals surface area contributed by atoms with Gasteiger partial charge in [0.2, 0.25) is 0 Å². The lowest BCUT2D eigenvalue weighted by molar-refractivity contribution is 0.120. The first-order valence-corrected chi connectivity index (χ1v) is 13.4. The highest BCUT2D eigenvalue weighted by Crippen LogP contribution is 2.47. The zero-order valence-electron chi connectivity index (χ0n) is 21.5. The number of nitrogens with zero attached hydrogens (tertiary/aromatic N) is 6. The minimum atomic E-state index is 0.172. The number of anilines is 2. The highest BCUT2D eigenvalue weighted by Gasteiger charge is 2.39. The van der Waals surface area contributed by atoms with Crippen molar-refractivity contribution in [2.45, 2.75) is 50.6 Å². The Bertz CT molecular complexity index is 1280. The Balaban J connectivity index is 1.67. The third kappa shape index (κ3) is 3.79. The molecule has 5 rings (SSSR count). The molecule has 180 valence electrons. The summed E-state index contributed by atoms with van der Waals surface area (Å²) in [5.41, 5.74) is 6.45.